The normalized spacial score (nSPS) is 16.3. The van der Waals surface area contributed by atoms with E-state index in [2.05, 4.69) is 46.6 Å². The Morgan fingerprint density at radius 2 is 1.96 bits per heavy atom. The van der Waals surface area contributed by atoms with E-state index in [0.717, 1.165) is 61.9 Å². The number of piperazine rings is 1. The molecule has 0 radical (unpaired) electrons. The van der Waals surface area contributed by atoms with Crippen molar-refractivity contribution in [3.05, 3.63) is 29.2 Å². The smallest absolute Gasteiger partial charge is 0.165 e. The first kappa shape index (κ1) is 14.5. The highest BCUT2D eigenvalue weighted by Gasteiger charge is 2.21. The fourth-order valence-electron chi connectivity index (χ4n) is 2.99. The molecule has 0 saturated carbocycles. The lowest BCUT2D eigenvalue weighted by Gasteiger charge is -2.35. The molecule has 0 bridgehead atoms. The van der Waals surface area contributed by atoms with Gasteiger partial charge in [-0.05, 0) is 6.92 Å². The van der Waals surface area contributed by atoms with Crippen LogP contribution in [0, 0.1) is 0 Å². The largest absolute Gasteiger partial charge is 0.352 e. The van der Waals surface area contributed by atoms with E-state index in [1.54, 1.807) is 17.7 Å². The summed E-state index contributed by atoms with van der Waals surface area (Å²) in [5.74, 6) is 0.954. The Morgan fingerprint density at radius 1 is 1.09 bits per heavy atom. The van der Waals surface area contributed by atoms with Crippen LogP contribution in [-0.4, -0.2) is 55.6 Å². The Labute approximate surface area is 138 Å². The lowest BCUT2D eigenvalue weighted by molar-refractivity contribution is 0.247. The summed E-state index contributed by atoms with van der Waals surface area (Å²) in [4.78, 5) is 22.5. The molecule has 0 aliphatic carbocycles. The molecular formula is C15H19N7S. The Hall–Kier alpha value is -2.06. The average molecular weight is 329 g/mol. The molecule has 0 aromatic carbocycles. The van der Waals surface area contributed by atoms with E-state index in [1.807, 2.05) is 11.8 Å². The number of rotatable bonds is 4. The molecule has 3 aromatic rings. The number of nitrogens with zero attached hydrogens (tertiary/aromatic N) is 7. The SMILES string of the molecule is CCn1cnc2c(N3CCN(Cc4cscn4)CC3)ncnc21. The lowest BCUT2D eigenvalue weighted by atomic mass is 10.3. The second-order valence-corrected chi connectivity index (χ2v) is 6.36. The predicted octanol–water partition coefficient (Wildman–Crippen LogP) is 1.62. The zero-order valence-electron chi connectivity index (χ0n) is 13.1. The van der Waals surface area contributed by atoms with Gasteiger partial charge in [0.05, 0.1) is 17.5 Å². The molecule has 4 heterocycles. The van der Waals surface area contributed by atoms with Crippen LogP contribution in [0.4, 0.5) is 5.82 Å². The van der Waals surface area contributed by atoms with Crippen molar-refractivity contribution in [2.45, 2.75) is 20.0 Å². The molecular weight excluding hydrogens is 310 g/mol. The third kappa shape index (κ3) is 2.79. The minimum atomic E-state index is 0.869. The van der Waals surface area contributed by atoms with Gasteiger partial charge < -0.3 is 9.47 Å². The maximum Gasteiger partial charge on any atom is 0.165 e. The molecule has 120 valence electrons. The van der Waals surface area contributed by atoms with Crippen molar-refractivity contribution in [1.29, 1.82) is 0 Å². The predicted molar refractivity (Wildman–Crippen MR) is 90.6 cm³/mol. The van der Waals surface area contributed by atoms with Crippen LogP contribution >= 0.6 is 11.3 Å². The molecule has 0 N–H and O–H groups in total. The molecule has 1 aliphatic heterocycles. The summed E-state index contributed by atoms with van der Waals surface area (Å²) in [7, 11) is 0. The highest BCUT2D eigenvalue weighted by molar-refractivity contribution is 7.07. The van der Waals surface area contributed by atoms with Gasteiger partial charge in [0.1, 0.15) is 6.33 Å². The minimum Gasteiger partial charge on any atom is -0.352 e. The van der Waals surface area contributed by atoms with Gasteiger partial charge in [-0.1, -0.05) is 0 Å². The van der Waals surface area contributed by atoms with Gasteiger partial charge in [0.15, 0.2) is 17.0 Å². The highest BCUT2D eigenvalue weighted by atomic mass is 32.1. The van der Waals surface area contributed by atoms with Crippen molar-refractivity contribution in [1.82, 2.24) is 29.4 Å². The van der Waals surface area contributed by atoms with Crippen LogP contribution in [-0.2, 0) is 13.1 Å². The Bertz CT molecular complexity index is 774. The Balaban J connectivity index is 1.49. The number of fused-ring (bicyclic) bond motifs is 1. The number of hydrogen-bond acceptors (Lipinski definition) is 7. The summed E-state index contributed by atoms with van der Waals surface area (Å²) in [5.41, 5.74) is 4.88. The summed E-state index contributed by atoms with van der Waals surface area (Å²) in [6.45, 7) is 7.83. The molecule has 0 spiro atoms. The topological polar surface area (TPSA) is 63.0 Å². The van der Waals surface area contributed by atoms with Crippen molar-refractivity contribution in [3.8, 4) is 0 Å². The van der Waals surface area contributed by atoms with Crippen LogP contribution in [0.15, 0.2) is 23.5 Å². The summed E-state index contributed by atoms with van der Waals surface area (Å²) in [6.07, 6.45) is 3.49. The molecule has 0 unspecified atom stereocenters. The van der Waals surface area contributed by atoms with Crippen molar-refractivity contribution in [3.63, 3.8) is 0 Å². The van der Waals surface area contributed by atoms with Gasteiger partial charge in [0, 0.05) is 44.6 Å². The second kappa shape index (κ2) is 6.21. The first-order valence-electron chi connectivity index (χ1n) is 7.85. The van der Waals surface area contributed by atoms with E-state index in [0.29, 0.717) is 0 Å². The maximum atomic E-state index is 4.52. The summed E-state index contributed by atoms with van der Waals surface area (Å²) >= 11 is 1.66. The molecule has 1 saturated heterocycles. The van der Waals surface area contributed by atoms with Gasteiger partial charge in [-0.15, -0.1) is 11.3 Å². The van der Waals surface area contributed by atoms with Gasteiger partial charge in [-0.2, -0.15) is 0 Å². The Kier molecular flexibility index (Phi) is 3.92. The van der Waals surface area contributed by atoms with E-state index in [1.165, 1.54) is 0 Å². The fraction of sp³-hybridized carbons (Fsp3) is 0.467. The van der Waals surface area contributed by atoms with Crippen LogP contribution in [0.25, 0.3) is 11.2 Å². The quantitative estimate of drug-likeness (QED) is 0.725. The molecule has 1 fully saturated rings. The molecule has 4 rings (SSSR count). The number of anilines is 1. The van der Waals surface area contributed by atoms with Crippen LogP contribution in [0.3, 0.4) is 0 Å². The number of imidazole rings is 1. The van der Waals surface area contributed by atoms with E-state index in [9.17, 15) is 0 Å². The van der Waals surface area contributed by atoms with Gasteiger partial charge in [-0.3, -0.25) is 4.90 Å². The second-order valence-electron chi connectivity index (χ2n) is 5.64. The zero-order chi connectivity index (χ0) is 15.6. The van der Waals surface area contributed by atoms with Crippen LogP contribution < -0.4 is 4.90 Å². The third-order valence-electron chi connectivity index (χ3n) is 4.26. The van der Waals surface area contributed by atoms with Crippen molar-refractivity contribution in [2.75, 3.05) is 31.1 Å². The van der Waals surface area contributed by atoms with Gasteiger partial charge in [-0.25, -0.2) is 19.9 Å². The lowest BCUT2D eigenvalue weighted by Crippen LogP contribution is -2.46. The summed E-state index contributed by atoms with van der Waals surface area (Å²) in [6, 6.07) is 0. The molecule has 8 heteroatoms. The summed E-state index contributed by atoms with van der Waals surface area (Å²) in [5, 5.41) is 2.12. The fourth-order valence-corrected chi connectivity index (χ4v) is 3.54. The van der Waals surface area contributed by atoms with E-state index >= 15 is 0 Å². The van der Waals surface area contributed by atoms with E-state index in [-0.39, 0.29) is 0 Å². The minimum absolute atomic E-state index is 0.869. The van der Waals surface area contributed by atoms with Crippen molar-refractivity contribution >= 4 is 28.3 Å². The van der Waals surface area contributed by atoms with E-state index < -0.39 is 0 Å². The maximum absolute atomic E-state index is 4.52. The zero-order valence-corrected chi connectivity index (χ0v) is 13.9. The highest BCUT2D eigenvalue weighted by Crippen LogP contribution is 2.22. The summed E-state index contributed by atoms with van der Waals surface area (Å²) < 4.78 is 2.05. The number of hydrogen-bond donors (Lipinski definition) is 0. The number of thiazole rings is 1. The molecule has 3 aromatic heterocycles. The molecule has 1 aliphatic rings. The Morgan fingerprint density at radius 3 is 2.70 bits per heavy atom. The van der Waals surface area contributed by atoms with Crippen LogP contribution in [0.1, 0.15) is 12.6 Å². The monoisotopic (exact) mass is 329 g/mol. The van der Waals surface area contributed by atoms with Crippen LogP contribution in [0.2, 0.25) is 0 Å². The first-order valence-corrected chi connectivity index (χ1v) is 8.79. The number of aryl methyl sites for hydroxylation is 1. The molecule has 7 nitrogen and oxygen atoms in total. The number of aromatic nitrogens is 5. The van der Waals surface area contributed by atoms with Crippen molar-refractivity contribution < 1.29 is 0 Å². The molecule has 0 amide bonds. The van der Waals surface area contributed by atoms with Gasteiger partial charge in [0.2, 0.25) is 0 Å². The standard InChI is InChI=1S/C15H19N7S/c1-2-21-10-18-13-14(21)16-9-17-15(13)22-5-3-20(4-6-22)7-12-8-23-11-19-12/h8-11H,2-7H2,1H3. The van der Waals surface area contributed by atoms with Gasteiger partial charge in [0.25, 0.3) is 0 Å². The van der Waals surface area contributed by atoms with Crippen LogP contribution in [0.5, 0.6) is 0 Å². The average Bonchev–Trinajstić information content (AvgIpc) is 3.24. The first-order chi connectivity index (χ1) is 11.3. The third-order valence-corrected chi connectivity index (χ3v) is 4.90. The molecule has 0 atom stereocenters. The van der Waals surface area contributed by atoms with Crippen molar-refractivity contribution in [2.24, 2.45) is 0 Å². The van der Waals surface area contributed by atoms with Gasteiger partial charge >= 0.3 is 0 Å². The van der Waals surface area contributed by atoms with E-state index in [4.69, 9.17) is 0 Å². The molecule has 23 heavy (non-hydrogen) atoms.